The number of hydrogen-bond acceptors (Lipinski definition) is 0. The Morgan fingerprint density at radius 3 is 1.23 bits per heavy atom. The van der Waals surface area contributed by atoms with Gasteiger partial charge in [0.2, 0.25) is 0 Å². The number of halogens is 14. The molecule has 0 amide bonds. The SMILES string of the molecule is CCCCCCCC(CCC(F)(C(F)(F)F)C(F)(F)F)CC(F)(C(F)(F)F)C(F)(F)F. The van der Waals surface area contributed by atoms with Crippen LogP contribution < -0.4 is 0 Å². The summed E-state index contributed by atoms with van der Waals surface area (Å²) in [4.78, 5) is 0. The third kappa shape index (κ3) is 7.54. The number of hydrogen-bond donors (Lipinski definition) is 0. The smallest absolute Gasteiger partial charge is 0.224 e. The maximum atomic E-state index is 14.0. The molecule has 0 aliphatic rings. The van der Waals surface area contributed by atoms with Gasteiger partial charge in [-0.05, 0) is 18.8 Å². The molecule has 1 unspecified atom stereocenters. The second-order valence-electron chi connectivity index (χ2n) is 7.41. The van der Waals surface area contributed by atoms with Crippen molar-refractivity contribution in [3.8, 4) is 0 Å². The van der Waals surface area contributed by atoms with Gasteiger partial charge in [-0.15, -0.1) is 0 Å². The molecule has 0 aliphatic carbocycles. The maximum Gasteiger partial charge on any atom is 0.431 e. The molecule has 0 spiro atoms. The van der Waals surface area contributed by atoms with Gasteiger partial charge in [-0.3, -0.25) is 0 Å². The second-order valence-corrected chi connectivity index (χ2v) is 7.41. The largest absolute Gasteiger partial charge is 0.431 e. The topological polar surface area (TPSA) is 0 Å². The van der Waals surface area contributed by atoms with Crippen molar-refractivity contribution in [1.82, 2.24) is 0 Å². The Kier molecular flexibility index (Phi) is 9.98. The van der Waals surface area contributed by atoms with Gasteiger partial charge in [0.05, 0.1) is 0 Å². The molecule has 0 aromatic carbocycles. The van der Waals surface area contributed by atoms with Crippen molar-refractivity contribution in [2.45, 2.75) is 101 Å². The van der Waals surface area contributed by atoms with Gasteiger partial charge in [0.1, 0.15) is 0 Å². The third-order valence-electron chi connectivity index (χ3n) is 4.98. The fourth-order valence-electron chi connectivity index (χ4n) is 3.02. The Balaban J connectivity index is 5.75. The first-order valence-electron chi connectivity index (χ1n) is 9.28. The van der Waals surface area contributed by atoms with Crippen molar-refractivity contribution < 1.29 is 61.5 Å². The van der Waals surface area contributed by atoms with Crippen LogP contribution >= 0.6 is 0 Å². The van der Waals surface area contributed by atoms with Crippen LogP contribution in [0.4, 0.5) is 61.5 Å². The summed E-state index contributed by atoms with van der Waals surface area (Å²) >= 11 is 0. The van der Waals surface area contributed by atoms with E-state index >= 15 is 0 Å². The summed E-state index contributed by atoms with van der Waals surface area (Å²) in [6, 6.07) is 0. The van der Waals surface area contributed by atoms with E-state index < -0.39 is 67.6 Å². The first kappa shape index (κ1) is 30.0. The van der Waals surface area contributed by atoms with Crippen LogP contribution in [-0.2, 0) is 0 Å². The van der Waals surface area contributed by atoms with Gasteiger partial charge in [-0.2, -0.15) is 52.7 Å². The molecule has 0 bridgehead atoms. The van der Waals surface area contributed by atoms with Crippen LogP contribution in [-0.4, -0.2) is 36.0 Å². The van der Waals surface area contributed by atoms with Gasteiger partial charge in [0, 0.05) is 6.42 Å². The van der Waals surface area contributed by atoms with Crippen LogP contribution in [0, 0.1) is 5.92 Å². The van der Waals surface area contributed by atoms with E-state index in [-0.39, 0.29) is 12.8 Å². The molecule has 0 nitrogen and oxygen atoms in total. The fourth-order valence-corrected chi connectivity index (χ4v) is 3.02. The Morgan fingerprint density at radius 1 is 0.484 bits per heavy atom. The van der Waals surface area contributed by atoms with E-state index in [4.69, 9.17) is 0 Å². The maximum absolute atomic E-state index is 14.0. The molecule has 0 saturated heterocycles. The molecule has 0 heterocycles. The lowest BCUT2D eigenvalue weighted by Gasteiger charge is -2.35. The van der Waals surface area contributed by atoms with Gasteiger partial charge in [0.15, 0.2) is 0 Å². The highest BCUT2D eigenvalue weighted by molar-refractivity contribution is 4.98. The van der Waals surface area contributed by atoms with Crippen LogP contribution in [0.5, 0.6) is 0 Å². The monoisotopic (exact) mass is 492 g/mol. The molecule has 0 aromatic rings. The minimum Gasteiger partial charge on any atom is -0.224 e. The molecule has 0 rings (SSSR count). The molecule has 0 aliphatic heterocycles. The van der Waals surface area contributed by atoms with Crippen molar-refractivity contribution in [2.24, 2.45) is 5.92 Å². The van der Waals surface area contributed by atoms with Crippen molar-refractivity contribution in [3.05, 3.63) is 0 Å². The van der Waals surface area contributed by atoms with Crippen LogP contribution in [0.25, 0.3) is 0 Å². The van der Waals surface area contributed by atoms with Crippen molar-refractivity contribution >= 4 is 0 Å². The number of rotatable bonds is 11. The molecule has 0 radical (unpaired) electrons. The fraction of sp³-hybridized carbons (Fsp3) is 1.00. The Bertz CT molecular complexity index is 497. The molecule has 31 heavy (non-hydrogen) atoms. The van der Waals surface area contributed by atoms with Gasteiger partial charge >= 0.3 is 24.7 Å². The van der Waals surface area contributed by atoms with E-state index in [1.165, 1.54) is 0 Å². The zero-order chi connectivity index (χ0) is 24.9. The average molecular weight is 492 g/mol. The lowest BCUT2D eigenvalue weighted by molar-refractivity contribution is -0.350. The minimum atomic E-state index is -6.52. The van der Waals surface area contributed by atoms with Crippen molar-refractivity contribution in [3.63, 3.8) is 0 Å². The lowest BCUT2D eigenvalue weighted by Crippen LogP contribution is -2.55. The molecule has 0 N–H and O–H groups in total. The lowest BCUT2D eigenvalue weighted by atomic mass is 9.82. The normalized spacial score (nSPS) is 16.0. The highest BCUT2D eigenvalue weighted by Crippen LogP contribution is 2.53. The molecular weight excluding hydrogens is 470 g/mol. The van der Waals surface area contributed by atoms with Crippen molar-refractivity contribution in [1.29, 1.82) is 0 Å². The Hall–Kier alpha value is -0.980. The summed E-state index contributed by atoms with van der Waals surface area (Å²) in [5.74, 6) is -2.23. The first-order chi connectivity index (χ1) is 13.6. The van der Waals surface area contributed by atoms with Gasteiger partial charge in [0.25, 0.3) is 11.3 Å². The summed E-state index contributed by atoms with van der Waals surface area (Å²) in [6.07, 6.45) is -31.7. The standard InChI is InChI=1S/C17H22F14/c1-2-3-4-5-6-7-11(10-13(19,16(26,27)28)17(29,30)31)8-9-12(18,14(20,21)22)15(23,24)25/h11H,2-10H2,1H3. The Labute approximate surface area is 169 Å². The van der Waals surface area contributed by atoms with Gasteiger partial charge < -0.3 is 0 Å². The molecule has 188 valence electrons. The van der Waals surface area contributed by atoms with Crippen molar-refractivity contribution in [2.75, 3.05) is 0 Å². The number of unbranched alkanes of at least 4 members (excludes halogenated alkanes) is 4. The first-order valence-corrected chi connectivity index (χ1v) is 9.28. The van der Waals surface area contributed by atoms with E-state index in [9.17, 15) is 61.5 Å². The quantitative estimate of drug-likeness (QED) is 0.200. The third-order valence-corrected chi connectivity index (χ3v) is 4.98. The van der Waals surface area contributed by atoms with Gasteiger partial charge in [-0.1, -0.05) is 45.4 Å². The van der Waals surface area contributed by atoms with Crippen LogP contribution in [0.3, 0.4) is 0 Å². The van der Waals surface area contributed by atoms with E-state index in [1.54, 1.807) is 6.92 Å². The van der Waals surface area contributed by atoms with Gasteiger partial charge in [-0.25, -0.2) is 8.78 Å². The zero-order valence-electron chi connectivity index (χ0n) is 16.2. The molecule has 0 fully saturated rings. The summed E-state index contributed by atoms with van der Waals surface area (Å²) in [7, 11) is 0. The van der Waals surface area contributed by atoms with E-state index in [0.29, 0.717) is 19.3 Å². The van der Waals surface area contributed by atoms with Crippen LogP contribution in [0.1, 0.15) is 64.7 Å². The highest BCUT2D eigenvalue weighted by atomic mass is 19.4. The van der Waals surface area contributed by atoms with Crippen LogP contribution in [0.2, 0.25) is 0 Å². The van der Waals surface area contributed by atoms with E-state index in [2.05, 4.69) is 0 Å². The summed E-state index contributed by atoms with van der Waals surface area (Å²) in [6.45, 7) is 1.77. The minimum absolute atomic E-state index is 0.173. The predicted octanol–water partition coefficient (Wildman–Crippen LogP) is 8.80. The molecule has 1 atom stereocenters. The van der Waals surface area contributed by atoms with Crippen LogP contribution in [0.15, 0.2) is 0 Å². The summed E-state index contributed by atoms with van der Waals surface area (Å²) < 4.78 is 180. The molecule has 0 saturated carbocycles. The highest BCUT2D eigenvalue weighted by Gasteiger charge is 2.74. The Morgan fingerprint density at radius 2 is 0.871 bits per heavy atom. The van der Waals surface area contributed by atoms with E-state index in [0.717, 1.165) is 0 Å². The number of alkyl halides is 14. The van der Waals surface area contributed by atoms with E-state index in [1.807, 2.05) is 0 Å². The zero-order valence-corrected chi connectivity index (χ0v) is 16.2. The molecular formula is C17H22F14. The summed E-state index contributed by atoms with van der Waals surface area (Å²) in [5, 5.41) is 0. The molecule has 14 heteroatoms. The second kappa shape index (κ2) is 10.3. The molecule has 0 aromatic heterocycles. The summed E-state index contributed by atoms with van der Waals surface area (Å²) in [5.41, 5.74) is -11.7. The average Bonchev–Trinajstić information content (AvgIpc) is 2.54. The predicted molar refractivity (Wildman–Crippen MR) is 82.6 cm³/mol.